The average molecular weight is 389 g/mol. The highest BCUT2D eigenvalue weighted by Crippen LogP contribution is 2.31. The fraction of sp³-hybridized carbons (Fsp3) is 0.579. The van der Waals surface area contributed by atoms with Crippen molar-refractivity contribution in [3.8, 4) is 0 Å². The van der Waals surface area contributed by atoms with Crippen LogP contribution in [-0.4, -0.2) is 36.5 Å². The number of rotatable bonds is 6. The predicted molar refractivity (Wildman–Crippen MR) is 90.5 cm³/mol. The van der Waals surface area contributed by atoms with Crippen molar-refractivity contribution in [2.24, 2.45) is 5.92 Å². The Morgan fingerprint density at radius 2 is 1.85 bits per heavy atom. The highest BCUT2D eigenvalue weighted by Gasteiger charge is 2.34. The molecule has 27 heavy (non-hydrogen) atoms. The van der Waals surface area contributed by atoms with Crippen LogP contribution in [0.2, 0.25) is 0 Å². The summed E-state index contributed by atoms with van der Waals surface area (Å²) in [5.41, 5.74) is -1.68. The van der Waals surface area contributed by atoms with Gasteiger partial charge in [0.2, 0.25) is 0 Å². The van der Waals surface area contributed by atoms with Crippen LogP contribution >= 0.6 is 0 Å². The topological polar surface area (TPSA) is 46.6 Å². The smallest absolute Gasteiger partial charge is 0.416 e. The third-order valence-electron chi connectivity index (χ3n) is 4.63. The Morgan fingerprint density at radius 3 is 2.44 bits per heavy atom. The van der Waals surface area contributed by atoms with Crippen LogP contribution in [0.15, 0.2) is 18.2 Å². The molecule has 150 valence electrons. The van der Waals surface area contributed by atoms with Gasteiger partial charge in [-0.15, -0.1) is 0 Å². The first kappa shape index (κ1) is 21.2. The molecule has 1 heterocycles. The fourth-order valence-electron chi connectivity index (χ4n) is 3.00. The van der Waals surface area contributed by atoms with E-state index in [1.54, 1.807) is 0 Å². The summed E-state index contributed by atoms with van der Waals surface area (Å²) in [7, 11) is 0. The number of carbonyl (C=O) groups is 2. The molecular weight excluding hydrogens is 366 g/mol. The van der Waals surface area contributed by atoms with E-state index >= 15 is 0 Å². The second-order valence-corrected chi connectivity index (χ2v) is 6.63. The second-order valence-electron chi connectivity index (χ2n) is 6.63. The molecule has 0 N–H and O–H groups in total. The summed E-state index contributed by atoms with van der Waals surface area (Å²) < 4.78 is 57.5. The molecule has 0 atom stereocenters. The molecule has 8 heteroatoms. The summed E-state index contributed by atoms with van der Waals surface area (Å²) in [6.07, 6.45) is -1.17. The van der Waals surface area contributed by atoms with E-state index in [4.69, 9.17) is 4.74 Å². The Hall–Kier alpha value is -2.12. The molecule has 0 aliphatic carbocycles. The van der Waals surface area contributed by atoms with Crippen molar-refractivity contribution < 1.29 is 31.9 Å². The van der Waals surface area contributed by atoms with Crippen molar-refractivity contribution in [1.82, 2.24) is 4.90 Å². The van der Waals surface area contributed by atoms with Gasteiger partial charge in [-0.05, 0) is 37.5 Å². The van der Waals surface area contributed by atoms with E-state index in [2.05, 4.69) is 0 Å². The molecule has 1 amide bonds. The number of piperidine rings is 1. The van der Waals surface area contributed by atoms with Gasteiger partial charge in [-0.2, -0.15) is 13.2 Å². The van der Waals surface area contributed by atoms with Crippen LogP contribution in [0.3, 0.4) is 0 Å². The Bertz CT molecular complexity index is 667. The van der Waals surface area contributed by atoms with Crippen LogP contribution in [0.1, 0.15) is 54.9 Å². The number of unbranched alkanes of at least 4 members (excludes halogenated alkanes) is 2. The number of ether oxygens (including phenoxy) is 1. The van der Waals surface area contributed by atoms with Crippen LogP contribution in [0.5, 0.6) is 0 Å². The van der Waals surface area contributed by atoms with Gasteiger partial charge in [-0.3, -0.25) is 9.59 Å². The molecule has 0 bridgehead atoms. The maximum Gasteiger partial charge on any atom is 0.416 e. The molecule has 4 nitrogen and oxygen atoms in total. The van der Waals surface area contributed by atoms with Crippen LogP contribution < -0.4 is 0 Å². The van der Waals surface area contributed by atoms with Crippen LogP contribution in [0.4, 0.5) is 17.6 Å². The SMILES string of the molecule is CCCCCOC(=O)C1CCN(C(=O)c2cc(C(F)(F)F)ccc2F)CC1. The van der Waals surface area contributed by atoms with Crippen LogP contribution in [-0.2, 0) is 15.7 Å². The van der Waals surface area contributed by atoms with E-state index in [1.165, 1.54) is 4.90 Å². The largest absolute Gasteiger partial charge is 0.465 e. The predicted octanol–water partition coefficient (Wildman–Crippen LogP) is 4.43. The first-order chi connectivity index (χ1) is 12.7. The molecule has 0 unspecified atom stereocenters. The molecule has 0 saturated carbocycles. The van der Waals surface area contributed by atoms with Crippen LogP contribution in [0.25, 0.3) is 0 Å². The summed E-state index contributed by atoms with van der Waals surface area (Å²) in [6, 6.07) is 1.79. The number of amides is 1. The van der Waals surface area contributed by atoms with E-state index in [9.17, 15) is 27.2 Å². The minimum absolute atomic E-state index is 0.170. The first-order valence-corrected chi connectivity index (χ1v) is 9.06. The molecule has 0 aromatic heterocycles. The third-order valence-corrected chi connectivity index (χ3v) is 4.63. The lowest BCUT2D eigenvalue weighted by Crippen LogP contribution is -2.41. The average Bonchev–Trinajstić information content (AvgIpc) is 2.64. The Labute approximate surface area is 155 Å². The number of alkyl halides is 3. The molecule has 1 aliphatic rings. The number of halogens is 4. The summed E-state index contributed by atoms with van der Waals surface area (Å²) in [5, 5.41) is 0. The number of likely N-dealkylation sites (tertiary alicyclic amines) is 1. The van der Waals surface area contributed by atoms with Crippen molar-refractivity contribution in [3.63, 3.8) is 0 Å². The molecule has 1 aromatic rings. The van der Waals surface area contributed by atoms with Gasteiger partial charge >= 0.3 is 12.1 Å². The van der Waals surface area contributed by atoms with Crippen molar-refractivity contribution in [2.75, 3.05) is 19.7 Å². The van der Waals surface area contributed by atoms with Crippen molar-refractivity contribution in [1.29, 1.82) is 0 Å². The van der Waals surface area contributed by atoms with E-state index < -0.39 is 29.0 Å². The van der Waals surface area contributed by atoms with Crippen molar-refractivity contribution >= 4 is 11.9 Å². The van der Waals surface area contributed by atoms with Crippen LogP contribution in [0, 0.1) is 11.7 Å². The highest BCUT2D eigenvalue weighted by atomic mass is 19.4. The van der Waals surface area contributed by atoms with Crippen molar-refractivity contribution in [2.45, 2.75) is 45.2 Å². The van der Waals surface area contributed by atoms with Gasteiger partial charge in [-0.25, -0.2) is 4.39 Å². The maximum atomic E-state index is 13.9. The highest BCUT2D eigenvalue weighted by molar-refractivity contribution is 5.95. The summed E-state index contributed by atoms with van der Waals surface area (Å²) in [5.74, 6) is -2.45. The van der Waals surface area contributed by atoms with E-state index in [1.807, 2.05) is 6.92 Å². The van der Waals surface area contributed by atoms with E-state index in [0.29, 0.717) is 37.6 Å². The third kappa shape index (κ3) is 5.68. The zero-order chi connectivity index (χ0) is 20.0. The minimum atomic E-state index is -4.66. The van der Waals surface area contributed by atoms with Gasteiger partial charge in [0.25, 0.3) is 5.91 Å². The molecule has 1 aliphatic heterocycles. The zero-order valence-electron chi connectivity index (χ0n) is 15.2. The van der Waals surface area contributed by atoms with Gasteiger partial charge in [-0.1, -0.05) is 19.8 Å². The number of esters is 1. The van der Waals surface area contributed by atoms with Gasteiger partial charge in [0.15, 0.2) is 0 Å². The molecule has 0 spiro atoms. The van der Waals surface area contributed by atoms with Gasteiger partial charge in [0.1, 0.15) is 5.82 Å². The second kappa shape index (κ2) is 9.19. The molecule has 0 radical (unpaired) electrons. The van der Waals surface area contributed by atoms with E-state index in [-0.39, 0.29) is 25.0 Å². The number of nitrogens with zero attached hydrogens (tertiary/aromatic N) is 1. The van der Waals surface area contributed by atoms with E-state index in [0.717, 1.165) is 19.3 Å². The van der Waals surface area contributed by atoms with Crippen molar-refractivity contribution in [3.05, 3.63) is 35.1 Å². The lowest BCUT2D eigenvalue weighted by atomic mass is 9.96. The van der Waals surface area contributed by atoms with Gasteiger partial charge in [0.05, 0.1) is 23.7 Å². The normalized spacial score (nSPS) is 15.7. The number of hydrogen-bond acceptors (Lipinski definition) is 3. The van der Waals surface area contributed by atoms with Gasteiger partial charge in [0, 0.05) is 13.1 Å². The molecule has 2 rings (SSSR count). The maximum absolute atomic E-state index is 13.9. The Morgan fingerprint density at radius 1 is 1.19 bits per heavy atom. The fourth-order valence-corrected chi connectivity index (χ4v) is 3.00. The molecule has 1 fully saturated rings. The quantitative estimate of drug-likeness (QED) is 0.411. The summed E-state index contributed by atoms with van der Waals surface area (Å²) in [6.45, 7) is 2.75. The monoisotopic (exact) mass is 389 g/mol. The Balaban J connectivity index is 1.94. The molecule has 1 saturated heterocycles. The lowest BCUT2D eigenvalue weighted by Gasteiger charge is -2.31. The number of carbonyl (C=O) groups excluding carboxylic acids is 2. The zero-order valence-corrected chi connectivity index (χ0v) is 15.2. The summed E-state index contributed by atoms with van der Waals surface area (Å²) in [4.78, 5) is 25.7. The first-order valence-electron chi connectivity index (χ1n) is 9.06. The van der Waals surface area contributed by atoms with Gasteiger partial charge < -0.3 is 9.64 Å². The lowest BCUT2D eigenvalue weighted by molar-refractivity contribution is -0.150. The molecule has 1 aromatic carbocycles. The standard InChI is InChI=1S/C19H23F4NO3/c1-2-3-4-11-27-18(26)13-7-9-24(10-8-13)17(25)15-12-14(19(21,22)23)5-6-16(15)20/h5-6,12-13H,2-4,7-11H2,1H3. The number of benzene rings is 1. The number of hydrogen-bond donors (Lipinski definition) is 0. The Kier molecular flexibility index (Phi) is 7.21. The summed E-state index contributed by atoms with van der Waals surface area (Å²) >= 11 is 0. The minimum Gasteiger partial charge on any atom is -0.465 e. The molecular formula is C19H23F4NO3.